The number of benzene rings is 1. The Morgan fingerprint density at radius 1 is 1.18 bits per heavy atom. The van der Waals surface area contributed by atoms with Crippen molar-refractivity contribution in [2.24, 2.45) is 0 Å². The zero-order valence-corrected chi connectivity index (χ0v) is 12.0. The first-order valence-electron chi connectivity index (χ1n) is 7.22. The van der Waals surface area contributed by atoms with Crippen LogP contribution in [0.2, 0.25) is 0 Å². The van der Waals surface area contributed by atoms with Crippen LogP contribution in [0.3, 0.4) is 0 Å². The number of carbonyl (C=O) groups excluding carboxylic acids is 2. The number of alkyl halides is 3. The summed E-state index contributed by atoms with van der Waals surface area (Å²) in [6, 6.07) is 4.74. The third-order valence-electron chi connectivity index (χ3n) is 3.31. The van der Waals surface area contributed by atoms with Gasteiger partial charge in [0.2, 0.25) is 0 Å². The van der Waals surface area contributed by atoms with E-state index in [1.54, 1.807) is 0 Å². The quantitative estimate of drug-likeness (QED) is 0.721. The van der Waals surface area contributed by atoms with Crippen LogP contribution < -0.4 is 0 Å². The molecule has 0 atom stereocenters. The Labute approximate surface area is 126 Å². The summed E-state index contributed by atoms with van der Waals surface area (Å²) in [5.41, 5.74) is -0.425. The molecule has 1 aromatic rings. The lowest BCUT2D eigenvalue weighted by Gasteiger charge is -2.08. The van der Waals surface area contributed by atoms with Crippen LogP contribution in [0.1, 0.15) is 43.2 Å². The minimum absolute atomic E-state index is 0.0494. The van der Waals surface area contributed by atoms with Crippen LogP contribution in [0.5, 0.6) is 0 Å². The topological polar surface area (TPSA) is 43.4 Å². The van der Waals surface area contributed by atoms with E-state index in [-0.39, 0.29) is 37.1 Å². The molecule has 1 fully saturated rings. The van der Waals surface area contributed by atoms with Crippen LogP contribution in [0, 0.1) is 0 Å². The zero-order valence-electron chi connectivity index (χ0n) is 12.0. The van der Waals surface area contributed by atoms with Crippen molar-refractivity contribution in [3.8, 4) is 0 Å². The molecule has 1 aliphatic rings. The number of Topliss-reactive ketones (excluding diaryl/α,β-unsaturated/α-hetero) is 1. The van der Waals surface area contributed by atoms with Crippen molar-refractivity contribution in [1.29, 1.82) is 0 Å². The maximum Gasteiger partial charge on any atom is 0.416 e. The Bertz CT molecular complexity index is 548. The smallest absolute Gasteiger partial charge is 0.416 e. The normalized spacial score (nSPS) is 14.7. The molecule has 0 aromatic heterocycles. The van der Waals surface area contributed by atoms with E-state index in [1.165, 1.54) is 12.1 Å². The molecule has 0 N–H and O–H groups in total. The molecule has 0 amide bonds. The first kappa shape index (κ1) is 16.5. The molecule has 0 unspecified atom stereocenters. The minimum atomic E-state index is -4.41. The maximum atomic E-state index is 12.6. The first-order valence-corrected chi connectivity index (χ1v) is 7.22. The third kappa shape index (κ3) is 5.50. The van der Waals surface area contributed by atoms with Crippen molar-refractivity contribution in [2.45, 2.75) is 50.8 Å². The number of esters is 1. The molecule has 0 heterocycles. The van der Waals surface area contributed by atoms with Gasteiger partial charge in [-0.15, -0.1) is 0 Å². The molecule has 120 valence electrons. The predicted molar refractivity (Wildman–Crippen MR) is 73.1 cm³/mol. The van der Waals surface area contributed by atoms with Crippen molar-refractivity contribution >= 4 is 11.8 Å². The van der Waals surface area contributed by atoms with E-state index in [9.17, 15) is 22.8 Å². The highest BCUT2D eigenvalue weighted by Crippen LogP contribution is 2.29. The highest BCUT2D eigenvalue weighted by molar-refractivity contribution is 5.81. The fraction of sp³-hybridized carbons (Fsp3) is 0.500. The van der Waals surface area contributed by atoms with Gasteiger partial charge in [0.25, 0.3) is 0 Å². The second kappa shape index (κ2) is 6.94. The molecular weight excluding hydrogens is 297 g/mol. The maximum absolute atomic E-state index is 12.6. The fourth-order valence-corrected chi connectivity index (χ4v) is 2.03. The Kier molecular flexibility index (Phi) is 5.21. The molecule has 0 radical (unpaired) electrons. The molecule has 0 spiro atoms. The molecule has 3 nitrogen and oxygen atoms in total. The van der Waals surface area contributed by atoms with Crippen LogP contribution in [0.15, 0.2) is 24.3 Å². The Morgan fingerprint density at radius 2 is 1.91 bits per heavy atom. The van der Waals surface area contributed by atoms with E-state index in [4.69, 9.17) is 4.74 Å². The van der Waals surface area contributed by atoms with Gasteiger partial charge in [-0.2, -0.15) is 13.2 Å². The van der Waals surface area contributed by atoms with Crippen molar-refractivity contribution in [3.05, 3.63) is 35.4 Å². The molecule has 0 saturated heterocycles. The summed E-state index contributed by atoms with van der Waals surface area (Å²) in [5, 5.41) is 0. The van der Waals surface area contributed by atoms with Gasteiger partial charge >= 0.3 is 12.1 Å². The average molecular weight is 314 g/mol. The van der Waals surface area contributed by atoms with Crippen LogP contribution in [-0.2, 0) is 26.9 Å². The van der Waals surface area contributed by atoms with Crippen molar-refractivity contribution in [2.75, 3.05) is 0 Å². The van der Waals surface area contributed by atoms with Gasteiger partial charge in [-0.05, 0) is 30.9 Å². The van der Waals surface area contributed by atoms with E-state index in [0.717, 1.165) is 25.0 Å². The molecule has 0 bridgehead atoms. The lowest BCUT2D eigenvalue weighted by Crippen LogP contribution is -2.09. The predicted octanol–water partition coefficient (Wildman–Crippen LogP) is 3.69. The summed E-state index contributed by atoms with van der Waals surface area (Å²) in [4.78, 5) is 23.1. The number of rotatable bonds is 7. The number of hydrogen-bond donors (Lipinski definition) is 0. The lowest BCUT2D eigenvalue weighted by molar-refractivity contribution is -0.145. The summed E-state index contributed by atoms with van der Waals surface area (Å²) >= 11 is 0. The highest BCUT2D eigenvalue weighted by Gasteiger charge is 2.30. The van der Waals surface area contributed by atoms with Crippen LogP contribution >= 0.6 is 0 Å². The molecule has 2 rings (SSSR count). The van der Waals surface area contributed by atoms with Crippen LogP contribution in [-0.4, -0.2) is 17.9 Å². The Hall–Kier alpha value is -1.85. The third-order valence-corrected chi connectivity index (χ3v) is 3.31. The number of carbonyl (C=O) groups is 2. The SMILES string of the molecule is O=C(CCCC(=O)OC1CC1)Cc1cccc(C(F)(F)F)c1. The van der Waals surface area contributed by atoms with Crippen molar-refractivity contribution < 1.29 is 27.5 Å². The molecule has 22 heavy (non-hydrogen) atoms. The monoisotopic (exact) mass is 314 g/mol. The number of halogens is 3. The largest absolute Gasteiger partial charge is 0.462 e. The molecule has 1 aromatic carbocycles. The van der Waals surface area contributed by atoms with Crippen LogP contribution in [0.4, 0.5) is 13.2 Å². The average Bonchev–Trinajstić information content (AvgIpc) is 3.22. The number of hydrogen-bond acceptors (Lipinski definition) is 3. The van der Waals surface area contributed by atoms with Gasteiger partial charge in [0.15, 0.2) is 0 Å². The molecular formula is C16H17F3O3. The Morgan fingerprint density at radius 3 is 2.55 bits per heavy atom. The van der Waals surface area contributed by atoms with Gasteiger partial charge in [-0.3, -0.25) is 9.59 Å². The summed E-state index contributed by atoms with van der Waals surface area (Å²) < 4.78 is 42.7. The van der Waals surface area contributed by atoms with E-state index >= 15 is 0 Å². The molecule has 6 heteroatoms. The number of ether oxygens (including phenoxy) is 1. The molecule has 1 aliphatic carbocycles. The second-order valence-electron chi connectivity index (χ2n) is 5.46. The van der Waals surface area contributed by atoms with E-state index in [2.05, 4.69) is 0 Å². The fourth-order valence-electron chi connectivity index (χ4n) is 2.03. The zero-order chi connectivity index (χ0) is 16.2. The summed E-state index contributed by atoms with van der Waals surface area (Å²) in [5.74, 6) is -0.493. The van der Waals surface area contributed by atoms with E-state index < -0.39 is 11.7 Å². The van der Waals surface area contributed by atoms with E-state index in [0.29, 0.717) is 12.0 Å². The van der Waals surface area contributed by atoms with E-state index in [1.807, 2.05) is 0 Å². The van der Waals surface area contributed by atoms with Gasteiger partial charge in [0.1, 0.15) is 11.9 Å². The first-order chi connectivity index (χ1) is 10.3. The van der Waals surface area contributed by atoms with Gasteiger partial charge < -0.3 is 4.74 Å². The molecule has 1 saturated carbocycles. The summed E-state index contributed by atoms with van der Waals surface area (Å²) in [6.45, 7) is 0. The number of ketones is 1. The van der Waals surface area contributed by atoms with Gasteiger partial charge in [-0.1, -0.05) is 18.2 Å². The van der Waals surface area contributed by atoms with Gasteiger partial charge in [0, 0.05) is 19.3 Å². The van der Waals surface area contributed by atoms with Crippen molar-refractivity contribution in [1.82, 2.24) is 0 Å². The standard InChI is InChI=1S/C16H17F3O3/c17-16(18,19)12-4-1-3-11(9-12)10-13(20)5-2-6-15(21)22-14-7-8-14/h1,3-4,9,14H,2,5-8,10H2. The van der Waals surface area contributed by atoms with Gasteiger partial charge in [0.05, 0.1) is 5.56 Å². The molecule has 0 aliphatic heterocycles. The Balaban J connectivity index is 1.75. The van der Waals surface area contributed by atoms with Crippen LogP contribution in [0.25, 0.3) is 0 Å². The second-order valence-corrected chi connectivity index (χ2v) is 5.46. The summed E-state index contributed by atoms with van der Waals surface area (Å²) in [7, 11) is 0. The minimum Gasteiger partial charge on any atom is -0.462 e. The van der Waals surface area contributed by atoms with Gasteiger partial charge in [-0.25, -0.2) is 0 Å². The van der Waals surface area contributed by atoms with Crippen molar-refractivity contribution in [3.63, 3.8) is 0 Å². The highest BCUT2D eigenvalue weighted by atomic mass is 19.4. The lowest BCUT2D eigenvalue weighted by atomic mass is 10.0. The summed E-state index contributed by atoms with van der Waals surface area (Å²) in [6.07, 6.45) is -1.91.